The van der Waals surface area contributed by atoms with Crippen LogP contribution in [0, 0.1) is 0 Å². The number of hydrogen-bond acceptors (Lipinski definition) is 3. The number of hydrogen-bond donors (Lipinski definition) is 1. The molecular formula is C13H25NO2. The van der Waals surface area contributed by atoms with Crippen LogP contribution in [-0.4, -0.2) is 38.0 Å². The van der Waals surface area contributed by atoms with Gasteiger partial charge in [-0.2, -0.15) is 0 Å². The summed E-state index contributed by atoms with van der Waals surface area (Å²) in [5, 5.41) is 3.52. The van der Waals surface area contributed by atoms with Gasteiger partial charge in [0, 0.05) is 19.2 Å². The van der Waals surface area contributed by atoms with Gasteiger partial charge in [-0.25, -0.2) is 0 Å². The van der Waals surface area contributed by atoms with E-state index < -0.39 is 0 Å². The van der Waals surface area contributed by atoms with Crippen molar-refractivity contribution in [3.05, 3.63) is 12.2 Å². The Bertz CT molecular complexity index is 226. The second-order valence-electron chi connectivity index (χ2n) is 5.26. The van der Waals surface area contributed by atoms with Gasteiger partial charge in [0.05, 0.1) is 18.8 Å². The lowest BCUT2D eigenvalue weighted by atomic mass is 9.94. The molecule has 16 heavy (non-hydrogen) atoms. The van der Waals surface area contributed by atoms with Gasteiger partial charge in [0.2, 0.25) is 0 Å². The van der Waals surface area contributed by atoms with E-state index in [1.165, 1.54) is 0 Å². The summed E-state index contributed by atoms with van der Waals surface area (Å²) >= 11 is 0. The van der Waals surface area contributed by atoms with Crippen LogP contribution in [0.3, 0.4) is 0 Å². The predicted molar refractivity (Wildman–Crippen MR) is 66.7 cm³/mol. The summed E-state index contributed by atoms with van der Waals surface area (Å²) in [4.78, 5) is 0. The highest BCUT2D eigenvalue weighted by atomic mass is 16.5. The van der Waals surface area contributed by atoms with Gasteiger partial charge in [-0.15, -0.1) is 0 Å². The second-order valence-corrected chi connectivity index (χ2v) is 5.26. The summed E-state index contributed by atoms with van der Waals surface area (Å²) in [5.41, 5.74) is 1.10. The molecule has 1 aliphatic heterocycles. The van der Waals surface area contributed by atoms with Crippen molar-refractivity contribution in [2.24, 2.45) is 0 Å². The first-order valence-electron chi connectivity index (χ1n) is 6.09. The molecular weight excluding hydrogens is 202 g/mol. The van der Waals surface area contributed by atoms with E-state index in [-0.39, 0.29) is 5.60 Å². The fraction of sp³-hybridized carbons (Fsp3) is 0.846. The highest BCUT2D eigenvalue weighted by Gasteiger charge is 2.28. The molecule has 1 heterocycles. The molecule has 0 aliphatic carbocycles. The molecule has 3 heteroatoms. The zero-order valence-corrected chi connectivity index (χ0v) is 10.8. The second kappa shape index (κ2) is 6.38. The Morgan fingerprint density at radius 2 is 2.31 bits per heavy atom. The summed E-state index contributed by atoms with van der Waals surface area (Å²) < 4.78 is 11.1. The molecule has 1 saturated heterocycles. The maximum Gasteiger partial charge on any atom is 0.0672 e. The molecule has 0 spiro atoms. The fourth-order valence-electron chi connectivity index (χ4n) is 1.99. The van der Waals surface area contributed by atoms with Crippen molar-refractivity contribution in [3.8, 4) is 0 Å². The van der Waals surface area contributed by atoms with E-state index in [4.69, 9.17) is 9.47 Å². The summed E-state index contributed by atoms with van der Waals surface area (Å²) in [6.07, 6.45) is 2.18. The lowest BCUT2D eigenvalue weighted by molar-refractivity contribution is -0.0633. The van der Waals surface area contributed by atoms with Crippen LogP contribution in [0.4, 0.5) is 0 Å². The Morgan fingerprint density at radius 1 is 1.56 bits per heavy atom. The van der Waals surface area contributed by atoms with Crippen LogP contribution in [-0.2, 0) is 9.47 Å². The van der Waals surface area contributed by atoms with Crippen molar-refractivity contribution in [1.29, 1.82) is 0 Å². The van der Waals surface area contributed by atoms with Crippen molar-refractivity contribution >= 4 is 0 Å². The quantitative estimate of drug-likeness (QED) is 0.557. The third-order valence-corrected chi connectivity index (χ3v) is 2.72. The minimum absolute atomic E-state index is 0.0223. The molecule has 1 fully saturated rings. The van der Waals surface area contributed by atoms with Crippen molar-refractivity contribution < 1.29 is 9.47 Å². The minimum Gasteiger partial charge on any atom is -0.376 e. The third-order valence-electron chi connectivity index (χ3n) is 2.72. The van der Waals surface area contributed by atoms with Crippen LogP contribution in [0.15, 0.2) is 12.2 Å². The Labute approximate surface area is 99.2 Å². The summed E-state index contributed by atoms with van der Waals surface area (Å²) in [7, 11) is 0. The first kappa shape index (κ1) is 13.7. The number of rotatable bonds is 6. The lowest BCUT2D eigenvalue weighted by Gasteiger charge is -2.36. The Balaban J connectivity index is 2.06. The molecule has 0 amide bonds. The highest BCUT2D eigenvalue weighted by Crippen LogP contribution is 2.23. The average Bonchev–Trinajstić information content (AvgIpc) is 2.15. The van der Waals surface area contributed by atoms with Gasteiger partial charge in [0.15, 0.2) is 0 Å². The van der Waals surface area contributed by atoms with Crippen LogP contribution in [0.5, 0.6) is 0 Å². The van der Waals surface area contributed by atoms with E-state index in [0.717, 1.165) is 38.2 Å². The molecule has 94 valence electrons. The van der Waals surface area contributed by atoms with E-state index in [0.29, 0.717) is 12.6 Å². The molecule has 1 rings (SSSR count). The van der Waals surface area contributed by atoms with Crippen molar-refractivity contribution in [2.75, 3.05) is 26.4 Å². The molecule has 1 atom stereocenters. The normalized spacial score (nSPS) is 24.3. The number of ether oxygens (including phenoxy) is 2. The van der Waals surface area contributed by atoms with Crippen LogP contribution < -0.4 is 5.32 Å². The molecule has 0 radical (unpaired) electrons. The standard InChI is InChI=1S/C13H25NO2/c1-11(2)10-15-8-6-14-12-5-7-16-13(3,4)9-12/h12,14H,1,5-10H2,2-4H3. The van der Waals surface area contributed by atoms with Crippen LogP contribution in [0.1, 0.15) is 33.6 Å². The maximum absolute atomic E-state index is 5.67. The van der Waals surface area contributed by atoms with Crippen molar-refractivity contribution in [1.82, 2.24) is 5.32 Å². The predicted octanol–water partition coefficient (Wildman–Crippen LogP) is 2.13. The zero-order chi connectivity index (χ0) is 12.0. The monoisotopic (exact) mass is 227 g/mol. The van der Waals surface area contributed by atoms with Gasteiger partial charge in [0.25, 0.3) is 0 Å². The van der Waals surface area contributed by atoms with E-state index in [1.54, 1.807) is 0 Å². The number of nitrogens with one attached hydrogen (secondary N) is 1. The molecule has 0 bridgehead atoms. The molecule has 1 unspecified atom stereocenters. The molecule has 0 saturated carbocycles. The molecule has 0 aromatic heterocycles. The van der Waals surface area contributed by atoms with Crippen LogP contribution in [0.25, 0.3) is 0 Å². The first-order chi connectivity index (χ1) is 7.49. The van der Waals surface area contributed by atoms with Crippen LogP contribution in [0.2, 0.25) is 0 Å². The van der Waals surface area contributed by atoms with E-state index in [1.807, 2.05) is 6.92 Å². The summed E-state index contributed by atoms with van der Waals surface area (Å²) in [6.45, 7) is 13.3. The Kier molecular flexibility index (Phi) is 5.46. The topological polar surface area (TPSA) is 30.5 Å². The maximum atomic E-state index is 5.67. The van der Waals surface area contributed by atoms with Gasteiger partial charge >= 0.3 is 0 Å². The molecule has 0 aromatic carbocycles. The van der Waals surface area contributed by atoms with Crippen LogP contribution >= 0.6 is 0 Å². The third kappa shape index (κ3) is 5.64. The van der Waals surface area contributed by atoms with Gasteiger partial charge in [-0.05, 0) is 33.6 Å². The fourth-order valence-corrected chi connectivity index (χ4v) is 1.99. The smallest absolute Gasteiger partial charge is 0.0672 e. The highest BCUT2D eigenvalue weighted by molar-refractivity contribution is 4.87. The van der Waals surface area contributed by atoms with Gasteiger partial charge in [-0.1, -0.05) is 12.2 Å². The van der Waals surface area contributed by atoms with E-state index in [2.05, 4.69) is 25.7 Å². The van der Waals surface area contributed by atoms with E-state index >= 15 is 0 Å². The molecule has 1 aliphatic rings. The lowest BCUT2D eigenvalue weighted by Crippen LogP contribution is -2.44. The van der Waals surface area contributed by atoms with Gasteiger partial charge < -0.3 is 14.8 Å². The first-order valence-corrected chi connectivity index (χ1v) is 6.09. The molecule has 3 nitrogen and oxygen atoms in total. The molecule has 0 aromatic rings. The van der Waals surface area contributed by atoms with Crippen molar-refractivity contribution in [2.45, 2.75) is 45.3 Å². The summed E-state index contributed by atoms with van der Waals surface area (Å²) in [6, 6.07) is 0.567. The average molecular weight is 227 g/mol. The van der Waals surface area contributed by atoms with Gasteiger partial charge in [0.1, 0.15) is 0 Å². The van der Waals surface area contributed by atoms with Gasteiger partial charge in [-0.3, -0.25) is 0 Å². The Morgan fingerprint density at radius 3 is 2.94 bits per heavy atom. The zero-order valence-electron chi connectivity index (χ0n) is 10.8. The summed E-state index contributed by atoms with van der Waals surface area (Å²) in [5.74, 6) is 0. The minimum atomic E-state index is 0.0223. The largest absolute Gasteiger partial charge is 0.376 e. The van der Waals surface area contributed by atoms with E-state index in [9.17, 15) is 0 Å². The Hall–Kier alpha value is -0.380. The van der Waals surface area contributed by atoms with Crippen molar-refractivity contribution in [3.63, 3.8) is 0 Å². The molecule has 1 N–H and O–H groups in total. The SMILES string of the molecule is C=C(C)COCCNC1CCOC(C)(C)C1.